The molecule has 0 unspecified atom stereocenters. The van der Waals surface area contributed by atoms with Crippen molar-refractivity contribution in [3.63, 3.8) is 0 Å². The van der Waals surface area contributed by atoms with Crippen molar-refractivity contribution in [2.24, 2.45) is 4.99 Å². The Labute approximate surface area is 93.7 Å². The van der Waals surface area contributed by atoms with E-state index in [0.717, 1.165) is 22.2 Å². The second-order valence-electron chi connectivity index (χ2n) is 2.90. The molecule has 0 aromatic heterocycles. The van der Waals surface area contributed by atoms with Crippen molar-refractivity contribution >= 4 is 21.6 Å². The third-order valence-corrected chi connectivity index (χ3v) is 2.59. The highest BCUT2D eigenvalue weighted by atomic mass is 79.9. The highest BCUT2D eigenvalue weighted by Gasteiger charge is 2.01. The van der Waals surface area contributed by atoms with Crippen LogP contribution in [0.3, 0.4) is 0 Å². The molecule has 0 aliphatic heterocycles. The Kier molecular flexibility index (Phi) is 4.60. The molecule has 2 heteroatoms. The van der Waals surface area contributed by atoms with Crippen LogP contribution in [-0.2, 0) is 0 Å². The van der Waals surface area contributed by atoms with E-state index in [2.05, 4.69) is 46.1 Å². The monoisotopic (exact) mass is 251 g/mol. The van der Waals surface area contributed by atoms with Crippen LogP contribution in [-0.4, -0.2) is 12.8 Å². The van der Waals surface area contributed by atoms with Gasteiger partial charge in [-0.05, 0) is 18.6 Å². The van der Waals surface area contributed by atoms with Crippen LogP contribution in [0.2, 0.25) is 0 Å². The van der Waals surface area contributed by atoms with Crippen molar-refractivity contribution in [3.8, 4) is 0 Å². The van der Waals surface area contributed by atoms with Crippen LogP contribution in [0.4, 0.5) is 0 Å². The Hall–Kier alpha value is -0.890. The van der Waals surface area contributed by atoms with Crippen LogP contribution in [0.25, 0.3) is 0 Å². The van der Waals surface area contributed by atoms with Crippen molar-refractivity contribution in [3.05, 3.63) is 46.5 Å². The van der Waals surface area contributed by atoms with Gasteiger partial charge < -0.3 is 0 Å². The van der Waals surface area contributed by atoms with Gasteiger partial charge in [0, 0.05) is 17.1 Å². The van der Waals surface area contributed by atoms with Crippen LogP contribution in [0.5, 0.6) is 0 Å². The lowest BCUT2D eigenvalue weighted by molar-refractivity contribution is 1.22. The van der Waals surface area contributed by atoms with E-state index in [1.165, 1.54) is 0 Å². The summed E-state index contributed by atoms with van der Waals surface area (Å²) in [6, 6.07) is 8.11. The van der Waals surface area contributed by atoms with Gasteiger partial charge in [-0.15, -0.1) is 0 Å². The van der Waals surface area contributed by atoms with Crippen molar-refractivity contribution in [1.82, 2.24) is 0 Å². The topological polar surface area (TPSA) is 12.4 Å². The van der Waals surface area contributed by atoms with E-state index in [4.69, 9.17) is 0 Å². The number of allylic oxidation sites excluding steroid dienone is 2. The first kappa shape index (κ1) is 11.2. The summed E-state index contributed by atoms with van der Waals surface area (Å²) in [5.74, 6) is 0. The van der Waals surface area contributed by atoms with Gasteiger partial charge in [-0.2, -0.15) is 0 Å². The third-order valence-electron chi connectivity index (χ3n) is 1.90. The molecule has 0 atom stereocenters. The molecule has 0 aliphatic carbocycles. The van der Waals surface area contributed by atoms with Gasteiger partial charge in [-0.1, -0.05) is 47.1 Å². The minimum atomic E-state index is 1.01. The fraction of sp³-hybridized carbons (Fsp3) is 0.250. The van der Waals surface area contributed by atoms with Crippen LogP contribution in [0, 0.1) is 0 Å². The summed E-state index contributed by atoms with van der Waals surface area (Å²) in [6.45, 7) is 2.11. The lowest BCUT2D eigenvalue weighted by Crippen LogP contribution is -1.97. The predicted molar refractivity (Wildman–Crippen MR) is 66.0 cm³/mol. The van der Waals surface area contributed by atoms with Gasteiger partial charge in [0.25, 0.3) is 0 Å². The predicted octanol–water partition coefficient (Wildman–Crippen LogP) is 3.83. The molecular weight excluding hydrogens is 238 g/mol. The fourth-order valence-corrected chi connectivity index (χ4v) is 1.67. The van der Waals surface area contributed by atoms with E-state index in [-0.39, 0.29) is 0 Å². The summed E-state index contributed by atoms with van der Waals surface area (Å²) in [5, 5.41) is 0. The van der Waals surface area contributed by atoms with Crippen LogP contribution < -0.4 is 0 Å². The first-order chi connectivity index (χ1) is 6.79. The SMILES string of the molecule is CC/C=C\C(=NC)c1ccccc1Br. The maximum atomic E-state index is 4.26. The van der Waals surface area contributed by atoms with Crippen molar-refractivity contribution in [2.75, 3.05) is 7.05 Å². The molecule has 0 amide bonds. The van der Waals surface area contributed by atoms with E-state index in [9.17, 15) is 0 Å². The number of benzene rings is 1. The molecule has 74 valence electrons. The summed E-state index contributed by atoms with van der Waals surface area (Å²) in [7, 11) is 1.81. The Morgan fingerprint density at radius 1 is 1.43 bits per heavy atom. The molecule has 14 heavy (non-hydrogen) atoms. The molecule has 0 heterocycles. The molecule has 1 aromatic carbocycles. The first-order valence-electron chi connectivity index (χ1n) is 4.67. The summed E-state index contributed by atoms with van der Waals surface area (Å²) >= 11 is 3.51. The molecular formula is C12H14BrN. The van der Waals surface area contributed by atoms with Gasteiger partial charge in [-0.25, -0.2) is 0 Å². The molecule has 1 rings (SSSR count). The number of hydrogen-bond donors (Lipinski definition) is 0. The van der Waals surface area contributed by atoms with Gasteiger partial charge in [0.15, 0.2) is 0 Å². The second-order valence-corrected chi connectivity index (χ2v) is 3.75. The Balaban J connectivity index is 3.02. The minimum absolute atomic E-state index is 1.01. The Morgan fingerprint density at radius 2 is 2.14 bits per heavy atom. The molecule has 0 aliphatic rings. The first-order valence-corrected chi connectivity index (χ1v) is 5.47. The van der Waals surface area contributed by atoms with Crippen molar-refractivity contribution in [1.29, 1.82) is 0 Å². The summed E-state index contributed by atoms with van der Waals surface area (Å²) in [4.78, 5) is 4.26. The molecule has 1 aromatic rings. The summed E-state index contributed by atoms with van der Waals surface area (Å²) < 4.78 is 1.08. The van der Waals surface area contributed by atoms with Gasteiger partial charge in [-0.3, -0.25) is 4.99 Å². The van der Waals surface area contributed by atoms with E-state index in [1.54, 1.807) is 0 Å². The zero-order chi connectivity index (χ0) is 10.4. The average molecular weight is 252 g/mol. The highest BCUT2D eigenvalue weighted by Crippen LogP contribution is 2.17. The van der Waals surface area contributed by atoms with E-state index in [1.807, 2.05) is 25.2 Å². The van der Waals surface area contributed by atoms with Crippen LogP contribution >= 0.6 is 15.9 Å². The number of hydrogen-bond acceptors (Lipinski definition) is 1. The van der Waals surface area contributed by atoms with Crippen LogP contribution in [0.1, 0.15) is 18.9 Å². The second kappa shape index (κ2) is 5.76. The Morgan fingerprint density at radius 3 is 2.71 bits per heavy atom. The standard InChI is InChI=1S/C12H14BrN/c1-3-4-9-12(14-2)10-7-5-6-8-11(10)13/h4-9H,3H2,1-2H3/b9-4-,14-12?. The maximum absolute atomic E-state index is 4.26. The molecule has 0 radical (unpaired) electrons. The minimum Gasteiger partial charge on any atom is -0.288 e. The summed E-state index contributed by atoms with van der Waals surface area (Å²) in [6.07, 6.45) is 5.20. The fourth-order valence-electron chi connectivity index (χ4n) is 1.18. The normalized spacial score (nSPS) is 12.4. The Bertz CT molecular complexity index is 353. The maximum Gasteiger partial charge on any atom is 0.0651 e. The smallest absolute Gasteiger partial charge is 0.0651 e. The van der Waals surface area contributed by atoms with Crippen LogP contribution in [0.15, 0.2) is 45.9 Å². The van der Waals surface area contributed by atoms with Crippen molar-refractivity contribution in [2.45, 2.75) is 13.3 Å². The lowest BCUT2D eigenvalue weighted by Gasteiger charge is -2.02. The number of halogens is 1. The van der Waals surface area contributed by atoms with Gasteiger partial charge >= 0.3 is 0 Å². The molecule has 0 fully saturated rings. The summed E-state index contributed by atoms with van der Waals surface area (Å²) in [5.41, 5.74) is 2.15. The molecule has 0 N–H and O–H groups in total. The largest absolute Gasteiger partial charge is 0.288 e. The number of aliphatic imine (C=N–C) groups is 1. The average Bonchev–Trinajstić information content (AvgIpc) is 2.21. The van der Waals surface area contributed by atoms with Gasteiger partial charge in [0.1, 0.15) is 0 Å². The third kappa shape index (κ3) is 2.81. The van der Waals surface area contributed by atoms with Gasteiger partial charge in [0.2, 0.25) is 0 Å². The number of rotatable bonds is 3. The zero-order valence-corrected chi connectivity index (χ0v) is 10.1. The quantitative estimate of drug-likeness (QED) is 0.725. The number of nitrogens with zero attached hydrogens (tertiary/aromatic N) is 1. The lowest BCUT2D eigenvalue weighted by atomic mass is 10.1. The van der Waals surface area contributed by atoms with Gasteiger partial charge in [0.05, 0.1) is 5.71 Å². The molecule has 0 spiro atoms. The van der Waals surface area contributed by atoms with E-state index < -0.39 is 0 Å². The van der Waals surface area contributed by atoms with E-state index in [0.29, 0.717) is 0 Å². The molecule has 0 bridgehead atoms. The zero-order valence-electron chi connectivity index (χ0n) is 8.50. The molecule has 0 saturated heterocycles. The van der Waals surface area contributed by atoms with E-state index >= 15 is 0 Å². The van der Waals surface area contributed by atoms with Crippen molar-refractivity contribution < 1.29 is 0 Å². The molecule has 0 saturated carbocycles. The molecule has 1 nitrogen and oxygen atoms in total. The highest BCUT2D eigenvalue weighted by molar-refractivity contribution is 9.10.